The molecule has 0 fully saturated rings. The predicted molar refractivity (Wildman–Crippen MR) is 194 cm³/mol. The van der Waals surface area contributed by atoms with Gasteiger partial charge in [0.15, 0.2) is 0 Å². The van der Waals surface area contributed by atoms with Crippen LogP contribution in [0.1, 0.15) is 162 Å². The maximum absolute atomic E-state index is 12.6. The Kier molecular flexibility index (Phi) is 31.3. The van der Waals surface area contributed by atoms with E-state index in [4.69, 9.17) is 25.0 Å². The van der Waals surface area contributed by atoms with Crippen LogP contribution in [0.25, 0.3) is 0 Å². The number of hydrogen-bond acceptors (Lipinski definition) is 8. The van der Waals surface area contributed by atoms with Crippen LogP contribution in [-0.4, -0.2) is 70.6 Å². The van der Waals surface area contributed by atoms with Gasteiger partial charge in [0.25, 0.3) is 0 Å². The van der Waals surface area contributed by atoms with Gasteiger partial charge in [-0.05, 0) is 25.7 Å². The van der Waals surface area contributed by atoms with E-state index in [-0.39, 0.29) is 30.6 Å². The number of carbonyl (C=O) groups is 3. The summed E-state index contributed by atoms with van der Waals surface area (Å²) < 4.78 is 22.1. The average molecular weight is 709 g/mol. The van der Waals surface area contributed by atoms with Gasteiger partial charge in [-0.2, -0.15) is 11.8 Å². The van der Waals surface area contributed by atoms with Crippen LogP contribution in [0, 0.1) is 0 Å². The molecule has 12 heteroatoms. The number of thioether (sulfide) groups is 1. The molecule has 278 valence electrons. The van der Waals surface area contributed by atoms with Crippen LogP contribution in [0.5, 0.6) is 0 Å². The minimum absolute atomic E-state index is 0.0111. The fraction of sp³-hybridized carbons (Fsp3) is 0.914. The molecule has 0 aliphatic carbocycles. The smallest absolute Gasteiger partial charge is 0.325 e. The minimum atomic E-state index is -3.99. The van der Waals surface area contributed by atoms with Crippen LogP contribution in [0.4, 0.5) is 0 Å². The molecule has 47 heavy (non-hydrogen) atoms. The lowest BCUT2D eigenvalue weighted by atomic mass is 10.1. The third kappa shape index (κ3) is 33.2. The highest BCUT2D eigenvalue weighted by molar-refractivity contribution is 7.99. The molecule has 0 aliphatic rings. The number of esters is 2. The summed E-state index contributed by atoms with van der Waals surface area (Å²) >= 11 is 1.38. The molecule has 0 aromatic carbocycles. The van der Waals surface area contributed by atoms with E-state index < -0.39 is 19.7 Å². The van der Waals surface area contributed by atoms with Crippen molar-refractivity contribution >= 4 is 37.2 Å². The molecule has 0 rings (SSSR count). The first kappa shape index (κ1) is 45.9. The van der Waals surface area contributed by atoms with Crippen molar-refractivity contribution in [2.45, 2.75) is 174 Å². The van der Waals surface area contributed by atoms with E-state index in [2.05, 4.69) is 19.2 Å². The second-order valence-corrected chi connectivity index (χ2v) is 15.7. The van der Waals surface area contributed by atoms with Crippen LogP contribution >= 0.6 is 19.4 Å². The molecule has 2 atom stereocenters. The molecule has 0 aromatic rings. The molecule has 0 bridgehead atoms. The van der Waals surface area contributed by atoms with Crippen LogP contribution < -0.4 is 11.1 Å². The van der Waals surface area contributed by atoms with Crippen molar-refractivity contribution in [1.29, 1.82) is 0 Å². The zero-order valence-corrected chi connectivity index (χ0v) is 31.4. The van der Waals surface area contributed by atoms with Crippen molar-refractivity contribution in [2.24, 2.45) is 5.73 Å². The number of amides is 1. The Hall–Kier alpha value is -1.13. The van der Waals surface area contributed by atoms with E-state index in [1.807, 2.05) is 0 Å². The predicted octanol–water partition coefficient (Wildman–Crippen LogP) is 7.81. The molecule has 0 unspecified atom stereocenters. The van der Waals surface area contributed by atoms with Crippen LogP contribution in [0.15, 0.2) is 0 Å². The summed E-state index contributed by atoms with van der Waals surface area (Å²) in [5.74, 6) is -0.219. The monoisotopic (exact) mass is 708 g/mol. The van der Waals surface area contributed by atoms with E-state index in [0.29, 0.717) is 50.2 Å². The van der Waals surface area contributed by atoms with Gasteiger partial charge >= 0.3 is 19.5 Å². The first-order valence-electron chi connectivity index (χ1n) is 18.6. The zero-order valence-electron chi connectivity index (χ0n) is 29.7. The third-order valence-corrected chi connectivity index (χ3v) is 10.2. The Balaban J connectivity index is 4.49. The Bertz CT molecular complexity index is 829. The Morgan fingerprint density at radius 3 is 1.66 bits per heavy atom. The van der Waals surface area contributed by atoms with Gasteiger partial charge in [-0.1, -0.05) is 123 Å². The lowest BCUT2D eigenvalue weighted by Crippen LogP contribution is -2.43. The number of ether oxygens (including phenoxy) is 2. The Morgan fingerprint density at radius 2 is 1.15 bits per heavy atom. The van der Waals surface area contributed by atoms with Crippen molar-refractivity contribution < 1.29 is 38.2 Å². The minimum Gasteiger partial charge on any atom is -0.462 e. The Morgan fingerprint density at radius 1 is 0.681 bits per heavy atom. The van der Waals surface area contributed by atoms with Crippen LogP contribution in [0.3, 0.4) is 0 Å². The summed E-state index contributed by atoms with van der Waals surface area (Å²) in [5.41, 5.74) is 6.06. The molecule has 0 heterocycles. The quantitative estimate of drug-likeness (QED) is 0.0294. The van der Waals surface area contributed by atoms with Gasteiger partial charge < -0.3 is 30.3 Å². The topological polar surface area (TPSA) is 165 Å². The van der Waals surface area contributed by atoms with Crippen molar-refractivity contribution in [1.82, 2.24) is 5.32 Å². The molecular weight excluding hydrogens is 639 g/mol. The normalized spacial score (nSPS) is 12.9. The fourth-order valence-electron chi connectivity index (χ4n) is 5.14. The molecule has 0 aromatic heterocycles. The lowest BCUT2D eigenvalue weighted by Gasteiger charge is -2.19. The van der Waals surface area contributed by atoms with Crippen LogP contribution in [-0.2, 0) is 28.4 Å². The van der Waals surface area contributed by atoms with Gasteiger partial charge in [0.1, 0.15) is 12.7 Å². The van der Waals surface area contributed by atoms with E-state index in [1.54, 1.807) is 0 Å². The highest BCUT2D eigenvalue weighted by Gasteiger charge is 2.20. The van der Waals surface area contributed by atoms with E-state index in [9.17, 15) is 18.9 Å². The molecule has 0 radical (unpaired) electrons. The second kappa shape index (κ2) is 32.1. The highest BCUT2D eigenvalue weighted by Crippen LogP contribution is 2.35. The first-order valence-corrected chi connectivity index (χ1v) is 21.5. The Labute approximate surface area is 290 Å². The molecule has 1 amide bonds. The highest BCUT2D eigenvalue weighted by atomic mass is 32.2. The summed E-state index contributed by atoms with van der Waals surface area (Å²) in [6, 6.07) is -0.761. The zero-order chi connectivity index (χ0) is 35.0. The molecule has 0 saturated carbocycles. The SMILES string of the molecule is CCCCCCCCCCCC(=O)OC[C@H](CSC[C@H](N)C(=O)NCCCCCP(=O)(O)O)OC(=O)CCCCCCCCCCC. The largest absolute Gasteiger partial charge is 0.462 e. The standard InChI is InChI=1S/C35H69N2O8PS/c1-3-5-7-9-11-13-15-17-20-24-33(38)44-28-31(45-34(39)25-21-18-16-14-12-10-8-6-4-2)29-47-30-32(36)35(40)37-26-22-19-23-27-46(41,42)43/h31-32H,3-30,36H2,1-2H3,(H,37,40)(H2,41,42,43)/t31-,32+/m1/s1. The van der Waals surface area contributed by atoms with Crippen LogP contribution in [0.2, 0.25) is 0 Å². The molecule has 0 saturated heterocycles. The fourth-order valence-corrected chi connectivity index (χ4v) is 6.75. The number of rotatable bonds is 34. The summed E-state index contributed by atoms with van der Waals surface area (Å²) in [6.45, 7) is 4.80. The van der Waals surface area contributed by atoms with Crippen molar-refractivity contribution in [2.75, 3.05) is 30.8 Å². The maximum Gasteiger partial charge on any atom is 0.325 e. The van der Waals surface area contributed by atoms with Gasteiger partial charge in [0.2, 0.25) is 5.91 Å². The number of nitrogens with two attached hydrogens (primary N) is 1. The lowest BCUT2D eigenvalue weighted by molar-refractivity contribution is -0.157. The van der Waals surface area contributed by atoms with Crippen molar-refractivity contribution in [3.63, 3.8) is 0 Å². The van der Waals surface area contributed by atoms with E-state index in [1.165, 1.54) is 88.8 Å². The van der Waals surface area contributed by atoms with Gasteiger partial charge in [-0.3, -0.25) is 18.9 Å². The van der Waals surface area contributed by atoms with Gasteiger partial charge in [0.05, 0.1) is 6.04 Å². The molecule has 0 spiro atoms. The molecule has 0 aliphatic heterocycles. The van der Waals surface area contributed by atoms with E-state index in [0.717, 1.165) is 38.5 Å². The van der Waals surface area contributed by atoms with Gasteiger partial charge in [0, 0.05) is 37.1 Å². The molecular formula is C35H69N2O8PS. The van der Waals surface area contributed by atoms with Gasteiger partial charge in [-0.15, -0.1) is 0 Å². The summed E-state index contributed by atoms with van der Waals surface area (Å²) in [7, 11) is -3.99. The van der Waals surface area contributed by atoms with E-state index >= 15 is 0 Å². The first-order chi connectivity index (χ1) is 22.6. The number of carbonyl (C=O) groups excluding carboxylic acids is 3. The summed E-state index contributed by atoms with van der Waals surface area (Å²) in [6.07, 6.45) is 22.5. The van der Waals surface area contributed by atoms with Gasteiger partial charge in [-0.25, -0.2) is 0 Å². The summed E-state index contributed by atoms with van der Waals surface area (Å²) in [4.78, 5) is 55.2. The maximum atomic E-state index is 12.6. The average Bonchev–Trinajstić information content (AvgIpc) is 3.02. The molecule has 10 nitrogen and oxygen atoms in total. The summed E-state index contributed by atoms with van der Waals surface area (Å²) in [5, 5.41) is 2.76. The van der Waals surface area contributed by atoms with Crippen molar-refractivity contribution in [3.8, 4) is 0 Å². The number of unbranched alkanes of at least 4 members (excludes halogenated alkanes) is 18. The number of nitrogens with one attached hydrogen (secondary N) is 1. The van der Waals surface area contributed by atoms with Crippen molar-refractivity contribution in [3.05, 3.63) is 0 Å². The molecule has 5 N–H and O–H groups in total. The number of hydrogen-bond donors (Lipinski definition) is 4. The second-order valence-electron chi connectivity index (χ2n) is 12.8. The third-order valence-electron chi connectivity index (χ3n) is 8.06.